The largest absolute Gasteiger partial charge is 0.340 e. The summed E-state index contributed by atoms with van der Waals surface area (Å²) in [5.74, 6) is 1.58. The van der Waals surface area contributed by atoms with Crippen molar-refractivity contribution < 1.29 is 0 Å². The van der Waals surface area contributed by atoms with Gasteiger partial charge in [0, 0.05) is 49.8 Å². The Morgan fingerprint density at radius 3 is 2.58 bits per heavy atom. The smallest absolute Gasteiger partial charge is 0.227 e. The number of nitrogens with zero attached hydrogens (tertiary/aromatic N) is 4. The molecule has 0 saturated carbocycles. The van der Waals surface area contributed by atoms with Crippen molar-refractivity contribution in [2.24, 2.45) is 0 Å². The van der Waals surface area contributed by atoms with Crippen molar-refractivity contribution in [3.8, 4) is 11.1 Å². The van der Waals surface area contributed by atoms with E-state index in [1.54, 1.807) is 6.20 Å². The van der Waals surface area contributed by atoms with Crippen LogP contribution in [0, 0.1) is 0 Å². The molecule has 0 spiro atoms. The Morgan fingerprint density at radius 2 is 1.83 bits per heavy atom. The number of aromatic nitrogens is 4. The quantitative estimate of drug-likeness (QED) is 0.682. The van der Waals surface area contributed by atoms with Crippen molar-refractivity contribution in [1.82, 2.24) is 25.5 Å². The molecule has 1 aliphatic heterocycles. The van der Waals surface area contributed by atoms with Crippen LogP contribution in [-0.4, -0.2) is 46.3 Å². The third-order valence-electron chi connectivity index (χ3n) is 4.03. The highest BCUT2D eigenvalue weighted by atomic mass is 15.3. The molecule has 0 radical (unpaired) electrons. The van der Waals surface area contributed by atoms with Crippen LogP contribution in [0.4, 0.5) is 17.5 Å². The van der Waals surface area contributed by atoms with Crippen LogP contribution >= 0.6 is 0 Å². The highest BCUT2D eigenvalue weighted by Gasteiger charge is 2.13. The summed E-state index contributed by atoms with van der Waals surface area (Å²) < 4.78 is 0. The van der Waals surface area contributed by atoms with E-state index in [0.29, 0.717) is 0 Å². The summed E-state index contributed by atoms with van der Waals surface area (Å²) in [6.07, 6.45) is 5.49. The Balaban J connectivity index is 1.48. The van der Waals surface area contributed by atoms with Crippen LogP contribution in [0.15, 0.2) is 48.9 Å². The molecule has 1 fully saturated rings. The Labute approximate surface area is 140 Å². The third kappa shape index (κ3) is 3.21. The normalized spacial score (nSPS) is 14.6. The molecule has 3 heterocycles. The van der Waals surface area contributed by atoms with Gasteiger partial charge in [-0.2, -0.15) is 10.1 Å². The number of benzene rings is 1. The second kappa shape index (κ2) is 6.67. The maximum atomic E-state index is 4.62. The lowest BCUT2D eigenvalue weighted by Crippen LogP contribution is -2.44. The highest BCUT2D eigenvalue weighted by molar-refractivity contribution is 5.66. The summed E-state index contributed by atoms with van der Waals surface area (Å²) in [5, 5.41) is 13.5. The average molecular weight is 321 g/mol. The average Bonchev–Trinajstić information content (AvgIpc) is 3.18. The van der Waals surface area contributed by atoms with Crippen LogP contribution in [0.2, 0.25) is 0 Å². The molecule has 1 aromatic carbocycles. The minimum atomic E-state index is 0.775. The second-order valence-corrected chi connectivity index (χ2v) is 5.67. The van der Waals surface area contributed by atoms with E-state index in [2.05, 4.69) is 47.8 Å². The van der Waals surface area contributed by atoms with Crippen molar-refractivity contribution in [1.29, 1.82) is 0 Å². The van der Waals surface area contributed by atoms with Crippen molar-refractivity contribution in [3.63, 3.8) is 0 Å². The monoisotopic (exact) mass is 321 g/mol. The molecular weight excluding hydrogens is 302 g/mol. The maximum absolute atomic E-state index is 4.62. The molecule has 0 unspecified atom stereocenters. The van der Waals surface area contributed by atoms with Crippen LogP contribution in [0.1, 0.15) is 0 Å². The predicted octanol–water partition coefficient (Wildman–Crippen LogP) is 2.02. The van der Waals surface area contributed by atoms with Gasteiger partial charge in [-0.05, 0) is 23.8 Å². The lowest BCUT2D eigenvalue weighted by Gasteiger charge is -2.27. The molecule has 122 valence electrons. The van der Waals surface area contributed by atoms with Gasteiger partial charge in [0.2, 0.25) is 5.95 Å². The van der Waals surface area contributed by atoms with E-state index < -0.39 is 0 Å². The topological polar surface area (TPSA) is 81.8 Å². The SMILES string of the molecule is c1cc(Nc2ccc(-c3cn[nH]c3)cc2)nc(N2CCNCC2)n1. The number of H-pyrrole nitrogens is 1. The first kappa shape index (κ1) is 14.6. The molecule has 2 aromatic heterocycles. The number of nitrogens with one attached hydrogen (secondary N) is 3. The zero-order chi connectivity index (χ0) is 16.2. The molecule has 7 nitrogen and oxygen atoms in total. The Morgan fingerprint density at radius 1 is 1.00 bits per heavy atom. The van der Waals surface area contributed by atoms with Gasteiger partial charge in [-0.1, -0.05) is 12.1 Å². The first-order valence-corrected chi connectivity index (χ1v) is 8.03. The van der Waals surface area contributed by atoms with E-state index in [-0.39, 0.29) is 0 Å². The van der Waals surface area contributed by atoms with E-state index in [0.717, 1.165) is 54.8 Å². The molecule has 7 heteroatoms. The molecule has 1 saturated heterocycles. The van der Waals surface area contributed by atoms with Gasteiger partial charge in [0.15, 0.2) is 0 Å². The summed E-state index contributed by atoms with van der Waals surface area (Å²) in [6, 6.07) is 10.1. The van der Waals surface area contributed by atoms with Gasteiger partial charge in [-0.25, -0.2) is 4.98 Å². The summed E-state index contributed by atoms with van der Waals surface area (Å²) >= 11 is 0. The molecule has 0 bridgehead atoms. The fourth-order valence-electron chi connectivity index (χ4n) is 2.74. The Hall–Kier alpha value is -2.93. The van der Waals surface area contributed by atoms with Crippen molar-refractivity contribution >= 4 is 17.5 Å². The van der Waals surface area contributed by atoms with Gasteiger partial charge in [0.25, 0.3) is 0 Å². The van der Waals surface area contributed by atoms with Crippen LogP contribution in [-0.2, 0) is 0 Å². The van der Waals surface area contributed by atoms with Crippen LogP contribution in [0.5, 0.6) is 0 Å². The highest BCUT2D eigenvalue weighted by Crippen LogP contribution is 2.22. The number of anilines is 3. The Bertz CT molecular complexity index is 777. The van der Waals surface area contributed by atoms with Crippen molar-refractivity contribution in [3.05, 3.63) is 48.9 Å². The number of hydrogen-bond donors (Lipinski definition) is 3. The summed E-state index contributed by atoms with van der Waals surface area (Å²) in [5.41, 5.74) is 3.19. The maximum Gasteiger partial charge on any atom is 0.227 e. The van der Waals surface area contributed by atoms with E-state index in [1.807, 2.05) is 30.6 Å². The molecule has 24 heavy (non-hydrogen) atoms. The van der Waals surface area contributed by atoms with Gasteiger partial charge in [-0.15, -0.1) is 0 Å². The van der Waals surface area contributed by atoms with E-state index >= 15 is 0 Å². The lowest BCUT2D eigenvalue weighted by atomic mass is 10.1. The fraction of sp³-hybridized carbons (Fsp3) is 0.235. The molecule has 3 aromatic rings. The van der Waals surface area contributed by atoms with Gasteiger partial charge in [-0.3, -0.25) is 5.10 Å². The molecular formula is C17H19N7. The van der Waals surface area contributed by atoms with E-state index in [9.17, 15) is 0 Å². The standard InChI is InChI=1S/C17H19N7/c1-3-15(4-2-13(1)14-11-20-21-12-14)22-16-5-6-19-17(23-16)24-9-7-18-8-10-24/h1-6,11-12,18H,7-10H2,(H,20,21)(H,19,22,23). The van der Waals surface area contributed by atoms with Gasteiger partial charge in [0.05, 0.1) is 6.20 Å². The predicted molar refractivity (Wildman–Crippen MR) is 94.4 cm³/mol. The minimum Gasteiger partial charge on any atom is -0.340 e. The Kier molecular flexibility index (Phi) is 4.07. The van der Waals surface area contributed by atoms with Crippen LogP contribution < -0.4 is 15.5 Å². The van der Waals surface area contributed by atoms with Gasteiger partial charge < -0.3 is 15.5 Å². The van der Waals surface area contributed by atoms with Crippen molar-refractivity contribution in [2.45, 2.75) is 0 Å². The fourth-order valence-corrected chi connectivity index (χ4v) is 2.74. The van der Waals surface area contributed by atoms with E-state index in [4.69, 9.17) is 0 Å². The number of hydrogen-bond acceptors (Lipinski definition) is 6. The summed E-state index contributed by atoms with van der Waals surface area (Å²) in [6.45, 7) is 3.80. The number of rotatable bonds is 4. The second-order valence-electron chi connectivity index (χ2n) is 5.67. The molecule has 3 N–H and O–H groups in total. The van der Waals surface area contributed by atoms with Gasteiger partial charge >= 0.3 is 0 Å². The van der Waals surface area contributed by atoms with Crippen LogP contribution in [0.3, 0.4) is 0 Å². The molecule has 0 amide bonds. The minimum absolute atomic E-state index is 0.775. The zero-order valence-electron chi connectivity index (χ0n) is 13.2. The first-order valence-electron chi connectivity index (χ1n) is 8.03. The number of piperazine rings is 1. The molecule has 0 aliphatic carbocycles. The summed E-state index contributed by atoms with van der Waals surface area (Å²) in [7, 11) is 0. The lowest BCUT2D eigenvalue weighted by molar-refractivity contribution is 0.580. The van der Waals surface area contributed by atoms with E-state index in [1.165, 1.54) is 0 Å². The molecule has 4 rings (SSSR count). The third-order valence-corrected chi connectivity index (χ3v) is 4.03. The van der Waals surface area contributed by atoms with Crippen molar-refractivity contribution in [2.75, 3.05) is 36.4 Å². The summed E-state index contributed by atoms with van der Waals surface area (Å²) in [4.78, 5) is 11.2. The number of aromatic amines is 1. The van der Waals surface area contributed by atoms with Gasteiger partial charge in [0.1, 0.15) is 5.82 Å². The first-order chi connectivity index (χ1) is 11.9. The van der Waals surface area contributed by atoms with Crippen LogP contribution in [0.25, 0.3) is 11.1 Å². The molecule has 1 aliphatic rings. The zero-order valence-corrected chi connectivity index (χ0v) is 13.2. The molecule has 0 atom stereocenters.